The summed E-state index contributed by atoms with van der Waals surface area (Å²) < 4.78 is 11.2. The number of carbonyl (C=O) groups excluding carboxylic acids is 1. The first-order valence-electron chi connectivity index (χ1n) is 10.1. The number of esters is 1. The Balaban J connectivity index is 1.26. The van der Waals surface area contributed by atoms with E-state index >= 15 is 0 Å². The smallest absolute Gasteiger partial charge is 0.344 e. The third-order valence-corrected chi connectivity index (χ3v) is 7.44. The fraction of sp³-hybridized carbons (Fsp3) is 0.273. The molecule has 0 amide bonds. The van der Waals surface area contributed by atoms with Gasteiger partial charge in [0.05, 0.1) is 4.58 Å². The van der Waals surface area contributed by atoms with Gasteiger partial charge in [-0.15, -0.1) is 23.5 Å². The van der Waals surface area contributed by atoms with Gasteiger partial charge in [0.2, 0.25) is 11.9 Å². The third kappa shape index (κ3) is 6.51. The molecule has 1 aromatic heterocycles. The second kappa shape index (κ2) is 11.1. The monoisotopic (exact) mass is 469 g/mol. The molecule has 0 aliphatic carbocycles. The number of hydrogen-bond acceptors (Lipinski definition) is 10. The van der Waals surface area contributed by atoms with E-state index in [2.05, 4.69) is 20.3 Å². The van der Waals surface area contributed by atoms with Gasteiger partial charge in [0.1, 0.15) is 5.75 Å². The van der Waals surface area contributed by atoms with Crippen LogP contribution in [0.25, 0.3) is 0 Å². The molecule has 1 fully saturated rings. The highest BCUT2D eigenvalue weighted by Gasteiger charge is 2.16. The average molecular weight is 470 g/mol. The summed E-state index contributed by atoms with van der Waals surface area (Å²) in [6, 6.07) is 17.3. The molecule has 2 heterocycles. The van der Waals surface area contributed by atoms with Gasteiger partial charge in [-0.2, -0.15) is 15.0 Å². The van der Waals surface area contributed by atoms with E-state index in [0.717, 1.165) is 5.69 Å². The molecule has 0 radical (unpaired) electrons. The molecule has 3 aromatic rings. The average Bonchev–Trinajstić information content (AvgIpc) is 2.83. The Morgan fingerprint density at radius 2 is 1.78 bits per heavy atom. The lowest BCUT2D eigenvalue weighted by atomic mass is 10.2. The van der Waals surface area contributed by atoms with Crippen molar-refractivity contribution in [1.82, 2.24) is 15.0 Å². The quantitative estimate of drug-likeness (QED) is 0.466. The van der Waals surface area contributed by atoms with Gasteiger partial charge in [0.15, 0.2) is 19.0 Å². The van der Waals surface area contributed by atoms with E-state index in [-0.39, 0.29) is 30.9 Å². The van der Waals surface area contributed by atoms with Crippen LogP contribution in [-0.2, 0) is 16.1 Å². The Labute approximate surface area is 194 Å². The first-order valence-corrected chi connectivity index (χ1v) is 12.2. The number of aromatic nitrogens is 3. The number of benzene rings is 2. The number of nitrogens with zero attached hydrogens (tertiary/aromatic N) is 3. The number of carbonyl (C=O) groups is 1. The number of nitrogens with one attached hydrogen (secondary N) is 1. The van der Waals surface area contributed by atoms with Crippen LogP contribution < -0.4 is 15.8 Å². The molecule has 8 nitrogen and oxygen atoms in total. The number of anilines is 3. The third-order valence-electron chi connectivity index (χ3n) is 4.43. The highest BCUT2D eigenvalue weighted by Crippen LogP contribution is 2.43. The van der Waals surface area contributed by atoms with Gasteiger partial charge >= 0.3 is 5.97 Å². The molecule has 1 aliphatic heterocycles. The zero-order valence-corrected chi connectivity index (χ0v) is 18.9. The van der Waals surface area contributed by atoms with E-state index in [0.29, 0.717) is 10.3 Å². The van der Waals surface area contributed by atoms with Crippen molar-refractivity contribution in [2.45, 2.75) is 17.6 Å². The predicted octanol–water partition coefficient (Wildman–Crippen LogP) is 4.19. The van der Waals surface area contributed by atoms with Crippen LogP contribution in [0.5, 0.6) is 5.75 Å². The second-order valence-corrected chi connectivity index (χ2v) is 9.59. The molecule has 2 aromatic carbocycles. The van der Waals surface area contributed by atoms with Crippen molar-refractivity contribution in [3.8, 4) is 5.75 Å². The first-order chi connectivity index (χ1) is 15.7. The van der Waals surface area contributed by atoms with Crippen molar-refractivity contribution in [2.75, 3.05) is 29.2 Å². The van der Waals surface area contributed by atoms with Crippen LogP contribution >= 0.6 is 23.5 Å². The van der Waals surface area contributed by atoms with E-state index in [1.165, 1.54) is 23.5 Å². The van der Waals surface area contributed by atoms with Crippen LogP contribution in [0.2, 0.25) is 0 Å². The highest BCUT2D eigenvalue weighted by molar-refractivity contribution is 8.16. The standard InChI is InChI=1S/C22H23N5O3S2/c23-21-25-18(26-22(27-21)24-16-5-2-1-3-6-16)13-30-19(28)14-29-17-9-7-15(8-10-17)20-31-11-4-12-32-20/h1-3,5-10,20H,4,11-14H2,(H3,23,24,25,26,27). The van der Waals surface area contributed by atoms with Gasteiger partial charge in [-0.05, 0) is 47.8 Å². The molecule has 0 atom stereocenters. The minimum absolute atomic E-state index is 0.0371. The topological polar surface area (TPSA) is 112 Å². The molecule has 3 N–H and O–H groups in total. The van der Waals surface area contributed by atoms with Gasteiger partial charge in [0.25, 0.3) is 0 Å². The summed E-state index contributed by atoms with van der Waals surface area (Å²) in [5.41, 5.74) is 7.82. The number of nitrogen functional groups attached to an aromatic ring is 1. The Morgan fingerprint density at radius 1 is 1.03 bits per heavy atom. The lowest BCUT2D eigenvalue weighted by molar-refractivity contribution is -0.147. The minimum atomic E-state index is -0.524. The Bertz CT molecular complexity index is 1030. The molecular weight excluding hydrogens is 446 g/mol. The first kappa shape index (κ1) is 22.2. The zero-order chi connectivity index (χ0) is 22.2. The summed E-state index contributed by atoms with van der Waals surface area (Å²) >= 11 is 3.93. The lowest BCUT2D eigenvalue weighted by Gasteiger charge is -2.21. The molecule has 32 heavy (non-hydrogen) atoms. The summed E-state index contributed by atoms with van der Waals surface area (Å²) in [6.45, 7) is -0.338. The largest absolute Gasteiger partial charge is 0.482 e. The van der Waals surface area contributed by atoms with E-state index in [1.54, 1.807) is 0 Å². The van der Waals surface area contributed by atoms with Gasteiger partial charge in [0, 0.05) is 5.69 Å². The molecule has 0 saturated carbocycles. The maximum absolute atomic E-state index is 12.1. The zero-order valence-electron chi connectivity index (χ0n) is 17.3. The van der Waals surface area contributed by atoms with Crippen molar-refractivity contribution in [3.05, 3.63) is 66.0 Å². The van der Waals surface area contributed by atoms with Gasteiger partial charge in [-0.3, -0.25) is 0 Å². The highest BCUT2D eigenvalue weighted by atomic mass is 32.2. The predicted molar refractivity (Wildman–Crippen MR) is 128 cm³/mol. The Kier molecular flexibility index (Phi) is 7.68. The fourth-order valence-electron chi connectivity index (χ4n) is 2.94. The van der Waals surface area contributed by atoms with Crippen molar-refractivity contribution >= 4 is 47.1 Å². The number of nitrogens with two attached hydrogens (primary N) is 1. The summed E-state index contributed by atoms with van der Waals surface area (Å²) in [5, 5.41) is 3.04. The van der Waals surface area contributed by atoms with Crippen LogP contribution in [0.4, 0.5) is 17.6 Å². The molecule has 0 bridgehead atoms. The minimum Gasteiger partial charge on any atom is -0.482 e. The number of ether oxygens (including phenoxy) is 2. The van der Waals surface area contributed by atoms with E-state index in [1.807, 2.05) is 78.1 Å². The van der Waals surface area contributed by atoms with Crippen LogP contribution in [0.15, 0.2) is 54.6 Å². The fourth-order valence-corrected chi connectivity index (χ4v) is 5.83. The van der Waals surface area contributed by atoms with Crippen molar-refractivity contribution in [2.24, 2.45) is 0 Å². The summed E-state index contributed by atoms with van der Waals surface area (Å²) in [5.74, 6) is 3.04. The number of hydrogen-bond donors (Lipinski definition) is 2. The number of para-hydroxylation sites is 1. The van der Waals surface area contributed by atoms with Crippen molar-refractivity contribution in [3.63, 3.8) is 0 Å². The molecule has 1 aliphatic rings. The molecule has 0 spiro atoms. The number of thioether (sulfide) groups is 2. The Morgan fingerprint density at radius 3 is 2.53 bits per heavy atom. The van der Waals surface area contributed by atoms with E-state index in [9.17, 15) is 4.79 Å². The van der Waals surface area contributed by atoms with Gasteiger partial charge < -0.3 is 20.5 Å². The normalized spacial score (nSPS) is 14.0. The molecule has 4 rings (SSSR count). The van der Waals surface area contributed by atoms with Gasteiger partial charge in [-0.25, -0.2) is 4.79 Å². The molecule has 1 saturated heterocycles. The Hall–Kier alpha value is -2.98. The molecular formula is C22H23N5O3S2. The summed E-state index contributed by atoms with van der Waals surface area (Å²) in [4.78, 5) is 24.4. The molecule has 0 unspecified atom stereocenters. The lowest BCUT2D eigenvalue weighted by Crippen LogP contribution is -2.16. The summed E-state index contributed by atoms with van der Waals surface area (Å²) in [6.07, 6.45) is 1.26. The van der Waals surface area contributed by atoms with Crippen LogP contribution in [-0.4, -0.2) is 39.0 Å². The van der Waals surface area contributed by atoms with Crippen LogP contribution in [0, 0.1) is 0 Å². The van der Waals surface area contributed by atoms with Crippen molar-refractivity contribution < 1.29 is 14.3 Å². The van der Waals surface area contributed by atoms with Crippen LogP contribution in [0.3, 0.4) is 0 Å². The summed E-state index contributed by atoms with van der Waals surface area (Å²) in [7, 11) is 0. The molecule has 166 valence electrons. The van der Waals surface area contributed by atoms with Crippen molar-refractivity contribution in [1.29, 1.82) is 0 Å². The second-order valence-electron chi connectivity index (χ2n) is 6.87. The van der Waals surface area contributed by atoms with E-state index in [4.69, 9.17) is 15.2 Å². The number of rotatable bonds is 8. The maximum atomic E-state index is 12.1. The maximum Gasteiger partial charge on any atom is 0.344 e. The van der Waals surface area contributed by atoms with Crippen LogP contribution in [0.1, 0.15) is 22.4 Å². The SMILES string of the molecule is Nc1nc(COC(=O)COc2ccc(C3SCCCS3)cc2)nc(Nc2ccccc2)n1. The van der Waals surface area contributed by atoms with Gasteiger partial charge in [-0.1, -0.05) is 30.3 Å². The van der Waals surface area contributed by atoms with E-state index < -0.39 is 5.97 Å². The molecule has 10 heteroatoms.